The van der Waals surface area contributed by atoms with E-state index >= 15 is 0 Å². The van der Waals surface area contributed by atoms with Crippen LogP contribution < -0.4 is 5.73 Å². The van der Waals surface area contributed by atoms with Gasteiger partial charge in [0.1, 0.15) is 0 Å². The Morgan fingerprint density at radius 2 is 2.06 bits per heavy atom. The summed E-state index contributed by atoms with van der Waals surface area (Å²) in [5.41, 5.74) is 5.92. The Morgan fingerprint density at radius 3 is 2.65 bits per heavy atom. The van der Waals surface area contributed by atoms with Gasteiger partial charge in [-0.25, -0.2) is 0 Å². The molecule has 2 N–H and O–H groups in total. The Balaban J connectivity index is 2.54. The van der Waals surface area contributed by atoms with Crippen LogP contribution in [0.15, 0.2) is 4.52 Å². The average Bonchev–Trinajstić information content (AvgIpc) is 2.75. The van der Waals surface area contributed by atoms with Crippen molar-refractivity contribution in [3.63, 3.8) is 0 Å². The molecular weight excluding hydrogens is 218 g/mol. The molecule has 2 atom stereocenters. The van der Waals surface area contributed by atoms with Crippen LogP contribution in [0.4, 0.5) is 0 Å². The van der Waals surface area contributed by atoms with Crippen molar-refractivity contribution < 1.29 is 9.26 Å². The molecule has 0 spiro atoms. The topological polar surface area (TPSA) is 74.2 Å². The normalized spacial score (nSPS) is 15.2. The Hall–Kier alpha value is -0.940. The van der Waals surface area contributed by atoms with Gasteiger partial charge in [0.05, 0.1) is 18.8 Å². The average molecular weight is 241 g/mol. The largest absolute Gasteiger partial charge is 0.377 e. The maximum Gasteiger partial charge on any atom is 0.229 e. The number of hydrogen-bond donors (Lipinski definition) is 1. The lowest BCUT2D eigenvalue weighted by atomic mass is 10.1. The number of ether oxygens (including phenoxy) is 1. The van der Waals surface area contributed by atoms with Gasteiger partial charge in [0.2, 0.25) is 5.89 Å². The second-order valence-electron chi connectivity index (χ2n) is 4.67. The minimum absolute atomic E-state index is 0.159. The van der Waals surface area contributed by atoms with Crippen LogP contribution in [0.3, 0.4) is 0 Å². The summed E-state index contributed by atoms with van der Waals surface area (Å²) in [6.45, 7) is 8.57. The van der Waals surface area contributed by atoms with Crippen LogP contribution in [0.25, 0.3) is 0 Å². The van der Waals surface area contributed by atoms with E-state index in [1.807, 2.05) is 13.8 Å². The van der Waals surface area contributed by atoms with Crippen molar-refractivity contribution in [3.8, 4) is 0 Å². The highest BCUT2D eigenvalue weighted by molar-refractivity contribution is 4.96. The van der Waals surface area contributed by atoms with Crippen LogP contribution in [0, 0.1) is 0 Å². The molecule has 1 heterocycles. The zero-order chi connectivity index (χ0) is 12.8. The van der Waals surface area contributed by atoms with Gasteiger partial charge in [-0.05, 0) is 20.3 Å². The van der Waals surface area contributed by atoms with E-state index in [-0.39, 0.29) is 12.1 Å². The number of nitrogens with zero attached hydrogens (tertiary/aromatic N) is 2. The molecule has 1 aromatic rings. The lowest BCUT2D eigenvalue weighted by Crippen LogP contribution is -2.20. The summed E-state index contributed by atoms with van der Waals surface area (Å²) >= 11 is 0. The third-order valence-corrected chi connectivity index (χ3v) is 2.54. The first kappa shape index (κ1) is 14.1. The fourth-order valence-corrected chi connectivity index (χ4v) is 1.53. The maximum atomic E-state index is 5.92. The molecule has 0 bridgehead atoms. The number of rotatable bonds is 7. The van der Waals surface area contributed by atoms with Crippen LogP contribution in [-0.4, -0.2) is 22.9 Å². The fraction of sp³-hybridized carbons (Fsp3) is 0.833. The monoisotopic (exact) mass is 241 g/mol. The number of hydrogen-bond acceptors (Lipinski definition) is 5. The SMILES string of the molecule is CCCC(C)c1nc(C(N)COC(C)C)no1. The molecule has 0 fully saturated rings. The van der Waals surface area contributed by atoms with E-state index < -0.39 is 0 Å². The van der Waals surface area contributed by atoms with Gasteiger partial charge < -0.3 is 15.0 Å². The molecule has 0 amide bonds. The van der Waals surface area contributed by atoms with Gasteiger partial charge in [0.25, 0.3) is 0 Å². The molecule has 0 radical (unpaired) electrons. The van der Waals surface area contributed by atoms with Crippen LogP contribution in [-0.2, 0) is 4.74 Å². The van der Waals surface area contributed by atoms with Crippen LogP contribution in [0.1, 0.15) is 64.2 Å². The minimum atomic E-state index is -0.316. The molecule has 0 aliphatic carbocycles. The minimum Gasteiger partial charge on any atom is -0.377 e. The van der Waals surface area contributed by atoms with Gasteiger partial charge in [0.15, 0.2) is 5.82 Å². The first-order valence-corrected chi connectivity index (χ1v) is 6.25. The van der Waals surface area contributed by atoms with E-state index in [0.29, 0.717) is 24.2 Å². The molecule has 2 unspecified atom stereocenters. The molecule has 0 saturated heterocycles. The molecule has 0 aliphatic heterocycles. The Kier molecular flexibility index (Phi) is 5.58. The van der Waals surface area contributed by atoms with Crippen molar-refractivity contribution in [2.45, 2.75) is 58.6 Å². The Morgan fingerprint density at radius 1 is 1.35 bits per heavy atom. The standard InChI is InChI=1S/C12H23N3O2/c1-5-6-9(4)12-14-11(15-17-12)10(13)7-16-8(2)3/h8-10H,5-7,13H2,1-4H3. The molecular formula is C12H23N3O2. The predicted octanol–water partition coefficient (Wildman–Crippen LogP) is 2.40. The van der Waals surface area contributed by atoms with Gasteiger partial charge in [0, 0.05) is 5.92 Å². The highest BCUT2D eigenvalue weighted by atomic mass is 16.5. The van der Waals surface area contributed by atoms with Gasteiger partial charge in [-0.15, -0.1) is 0 Å². The van der Waals surface area contributed by atoms with Gasteiger partial charge in [-0.2, -0.15) is 4.98 Å². The zero-order valence-corrected chi connectivity index (χ0v) is 11.1. The summed E-state index contributed by atoms with van der Waals surface area (Å²) in [6, 6.07) is -0.316. The molecule has 17 heavy (non-hydrogen) atoms. The molecule has 1 aromatic heterocycles. The highest BCUT2D eigenvalue weighted by Crippen LogP contribution is 2.19. The number of nitrogens with two attached hydrogens (primary N) is 1. The van der Waals surface area contributed by atoms with Crippen molar-refractivity contribution in [1.82, 2.24) is 10.1 Å². The van der Waals surface area contributed by atoms with Crippen LogP contribution >= 0.6 is 0 Å². The lowest BCUT2D eigenvalue weighted by molar-refractivity contribution is 0.0665. The second kappa shape index (κ2) is 6.71. The van der Waals surface area contributed by atoms with Crippen molar-refractivity contribution in [2.24, 2.45) is 5.73 Å². The highest BCUT2D eigenvalue weighted by Gasteiger charge is 2.18. The van der Waals surface area contributed by atoms with Gasteiger partial charge in [-0.3, -0.25) is 0 Å². The second-order valence-corrected chi connectivity index (χ2v) is 4.67. The third kappa shape index (κ3) is 4.44. The van der Waals surface area contributed by atoms with Gasteiger partial charge >= 0.3 is 0 Å². The summed E-state index contributed by atoms with van der Waals surface area (Å²) in [5.74, 6) is 1.49. The van der Waals surface area contributed by atoms with E-state index in [9.17, 15) is 0 Å². The Bertz CT molecular complexity index is 325. The summed E-state index contributed by atoms with van der Waals surface area (Å²) in [7, 11) is 0. The zero-order valence-electron chi connectivity index (χ0n) is 11.1. The summed E-state index contributed by atoms with van der Waals surface area (Å²) in [6.07, 6.45) is 2.30. The molecule has 0 aliphatic rings. The fourth-order valence-electron chi connectivity index (χ4n) is 1.53. The first-order valence-electron chi connectivity index (χ1n) is 6.25. The van der Waals surface area contributed by atoms with Crippen LogP contribution in [0.2, 0.25) is 0 Å². The molecule has 5 nitrogen and oxygen atoms in total. The summed E-state index contributed by atoms with van der Waals surface area (Å²) < 4.78 is 10.6. The molecule has 0 aromatic carbocycles. The van der Waals surface area contributed by atoms with Crippen molar-refractivity contribution >= 4 is 0 Å². The van der Waals surface area contributed by atoms with E-state index in [1.54, 1.807) is 0 Å². The molecule has 5 heteroatoms. The van der Waals surface area contributed by atoms with Gasteiger partial charge in [-0.1, -0.05) is 25.4 Å². The predicted molar refractivity (Wildman–Crippen MR) is 65.6 cm³/mol. The smallest absolute Gasteiger partial charge is 0.229 e. The molecule has 98 valence electrons. The van der Waals surface area contributed by atoms with Crippen molar-refractivity contribution in [2.75, 3.05) is 6.61 Å². The summed E-state index contributed by atoms with van der Waals surface area (Å²) in [4.78, 5) is 4.32. The van der Waals surface area contributed by atoms with E-state index in [1.165, 1.54) is 0 Å². The summed E-state index contributed by atoms with van der Waals surface area (Å²) in [5, 5.41) is 3.91. The van der Waals surface area contributed by atoms with Crippen molar-refractivity contribution in [1.29, 1.82) is 0 Å². The quantitative estimate of drug-likeness (QED) is 0.793. The first-order chi connectivity index (χ1) is 8.04. The molecule has 0 saturated carbocycles. The van der Waals surface area contributed by atoms with E-state index in [0.717, 1.165) is 12.8 Å². The Labute approximate surface area is 103 Å². The van der Waals surface area contributed by atoms with Crippen molar-refractivity contribution in [3.05, 3.63) is 11.7 Å². The van der Waals surface area contributed by atoms with Crippen LogP contribution in [0.5, 0.6) is 0 Å². The lowest BCUT2D eigenvalue weighted by Gasteiger charge is -2.10. The van der Waals surface area contributed by atoms with E-state index in [4.69, 9.17) is 15.0 Å². The third-order valence-electron chi connectivity index (χ3n) is 2.54. The number of aromatic nitrogens is 2. The maximum absolute atomic E-state index is 5.92. The van der Waals surface area contributed by atoms with E-state index in [2.05, 4.69) is 24.0 Å². The molecule has 1 rings (SSSR count).